The monoisotopic (exact) mass is 116 g/mol. The van der Waals surface area contributed by atoms with Crippen LogP contribution in [0.25, 0.3) is 0 Å². The van der Waals surface area contributed by atoms with Gasteiger partial charge in [0.1, 0.15) is 0 Å². The molecule has 7 heavy (non-hydrogen) atoms. The summed E-state index contributed by atoms with van der Waals surface area (Å²) in [4.78, 5) is 0. The molecule has 0 saturated heterocycles. The van der Waals surface area contributed by atoms with Crippen molar-refractivity contribution in [2.75, 3.05) is 6.16 Å². The van der Waals surface area contributed by atoms with E-state index in [9.17, 15) is 0 Å². The average molecular weight is 116 g/mol. The zero-order valence-electron chi connectivity index (χ0n) is 4.85. The maximum absolute atomic E-state index is 2.66. The second kappa shape index (κ2) is 6.17. The first kappa shape index (κ1) is 7.17. The van der Waals surface area contributed by atoms with E-state index in [-0.39, 0.29) is 0 Å². The van der Waals surface area contributed by atoms with Crippen LogP contribution in [0.5, 0.6) is 0 Å². The normalized spacial score (nSPS) is 10.6. The van der Waals surface area contributed by atoms with E-state index in [4.69, 9.17) is 0 Å². The topological polar surface area (TPSA) is 0 Å². The van der Waals surface area contributed by atoms with Crippen molar-refractivity contribution in [3.05, 3.63) is 12.2 Å². The molecule has 0 heterocycles. The minimum absolute atomic E-state index is 1.10. The Morgan fingerprint density at radius 2 is 2.14 bits per heavy atom. The highest BCUT2D eigenvalue weighted by atomic mass is 31.0. The fourth-order valence-corrected chi connectivity index (χ4v) is 0.573. The second-order valence-corrected chi connectivity index (χ2v) is 1.97. The zero-order valence-corrected chi connectivity index (χ0v) is 6.01. The molecule has 0 radical (unpaired) electrons. The molecule has 0 aromatic heterocycles. The Balaban J connectivity index is 2.78. The Kier molecular flexibility index (Phi) is 6.32. The number of unbranched alkanes of at least 4 members (excludes halogenated alkanes) is 1. The number of hydrogen-bond acceptors (Lipinski definition) is 0. The maximum atomic E-state index is 2.66. The summed E-state index contributed by atoms with van der Waals surface area (Å²) < 4.78 is 0. The highest BCUT2D eigenvalue weighted by Gasteiger charge is 1.68. The Morgan fingerprint density at radius 1 is 1.43 bits per heavy atom. The molecule has 0 spiro atoms. The lowest BCUT2D eigenvalue weighted by atomic mass is 10.3. The molecule has 0 nitrogen and oxygen atoms in total. The van der Waals surface area contributed by atoms with E-state index in [1.807, 2.05) is 0 Å². The number of hydrogen-bond donors (Lipinski definition) is 0. The van der Waals surface area contributed by atoms with E-state index >= 15 is 0 Å². The van der Waals surface area contributed by atoms with Gasteiger partial charge in [0, 0.05) is 0 Å². The number of rotatable bonds is 3. The van der Waals surface area contributed by atoms with Gasteiger partial charge < -0.3 is 0 Å². The predicted molar refractivity (Wildman–Crippen MR) is 38.6 cm³/mol. The lowest BCUT2D eigenvalue weighted by molar-refractivity contribution is 0.957. The van der Waals surface area contributed by atoms with E-state index in [0.717, 1.165) is 6.16 Å². The fourth-order valence-electron chi connectivity index (χ4n) is 0.381. The molecular weight excluding hydrogens is 103 g/mol. The Hall–Kier alpha value is 0.170. The summed E-state index contributed by atoms with van der Waals surface area (Å²) in [6.45, 7) is 2.19. The van der Waals surface area contributed by atoms with Gasteiger partial charge >= 0.3 is 0 Å². The van der Waals surface area contributed by atoms with Crippen LogP contribution in [0.2, 0.25) is 0 Å². The van der Waals surface area contributed by atoms with Gasteiger partial charge in [-0.3, -0.25) is 0 Å². The molecule has 42 valence electrons. The average Bonchev–Trinajstić information content (AvgIpc) is 1.69. The molecule has 1 atom stereocenters. The van der Waals surface area contributed by atoms with E-state index in [1.165, 1.54) is 12.8 Å². The summed E-state index contributed by atoms with van der Waals surface area (Å²) in [6.07, 6.45) is 7.98. The SMILES string of the molecule is CCC/C=C/CP. The Morgan fingerprint density at radius 3 is 2.57 bits per heavy atom. The fraction of sp³-hybridized carbons (Fsp3) is 0.667. The summed E-state index contributed by atoms with van der Waals surface area (Å²) in [7, 11) is 2.66. The Labute approximate surface area is 48.2 Å². The molecule has 1 heteroatoms. The standard InChI is InChI=1S/C6H13P/c1-2-3-4-5-6-7/h4-5H,2-3,6-7H2,1H3/b5-4+. The largest absolute Gasteiger partial charge is 0.134 e. The van der Waals surface area contributed by atoms with E-state index < -0.39 is 0 Å². The van der Waals surface area contributed by atoms with Crippen LogP contribution >= 0.6 is 9.24 Å². The maximum Gasteiger partial charge on any atom is -0.0200 e. The lowest BCUT2D eigenvalue weighted by Crippen LogP contribution is -1.61. The van der Waals surface area contributed by atoms with Crippen molar-refractivity contribution in [3.63, 3.8) is 0 Å². The minimum atomic E-state index is 1.10. The van der Waals surface area contributed by atoms with Gasteiger partial charge in [-0.05, 0) is 12.6 Å². The molecule has 1 unspecified atom stereocenters. The van der Waals surface area contributed by atoms with Crippen LogP contribution in [0.15, 0.2) is 12.2 Å². The van der Waals surface area contributed by atoms with Gasteiger partial charge in [0.05, 0.1) is 0 Å². The van der Waals surface area contributed by atoms with Gasteiger partial charge in [-0.2, -0.15) is 0 Å². The van der Waals surface area contributed by atoms with Crippen LogP contribution in [0, 0.1) is 0 Å². The molecule has 0 aliphatic heterocycles. The van der Waals surface area contributed by atoms with E-state index in [1.54, 1.807) is 0 Å². The van der Waals surface area contributed by atoms with Crippen molar-refractivity contribution in [2.24, 2.45) is 0 Å². The van der Waals surface area contributed by atoms with Crippen molar-refractivity contribution >= 4 is 9.24 Å². The third-order valence-electron chi connectivity index (χ3n) is 0.758. The van der Waals surface area contributed by atoms with E-state index in [0.29, 0.717) is 0 Å². The van der Waals surface area contributed by atoms with Crippen LogP contribution in [0.1, 0.15) is 19.8 Å². The molecule has 0 aliphatic carbocycles. The molecule has 0 rings (SSSR count). The predicted octanol–water partition coefficient (Wildman–Crippen LogP) is 2.22. The first-order valence-corrected chi connectivity index (χ1v) is 3.58. The zero-order chi connectivity index (χ0) is 5.54. The molecule has 0 aromatic rings. The molecule has 0 fully saturated rings. The molecule has 0 saturated carbocycles. The van der Waals surface area contributed by atoms with Crippen LogP contribution in [0.3, 0.4) is 0 Å². The molecular formula is C6H13P. The minimum Gasteiger partial charge on any atom is -0.134 e. The van der Waals surface area contributed by atoms with Crippen molar-refractivity contribution in [2.45, 2.75) is 19.8 Å². The molecule has 0 bridgehead atoms. The first-order chi connectivity index (χ1) is 3.41. The van der Waals surface area contributed by atoms with Crippen molar-refractivity contribution in [3.8, 4) is 0 Å². The number of allylic oxidation sites excluding steroid dienone is 2. The summed E-state index contributed by atoms with van der Waals surface area (Å²) in [5.74, 6) is 0. The lowest BCUT2D eigenvalue weighted by Gasteiger charge is -1.79. The Bertz CT molecular complexity index is 48.1. The molecule has 0 N–H and O–H groups in total. The van der Waals surface area contributed by atoms with Gasteiger partial charge in [-0.1, -0.05) is 25.5 Å². The third kappa shape index (κ3) is 6.17. The highest BCUT2D eigenvalue weighted by Crippen LogP contribution is 1.89. The van der Waals surface area contributed by atoms with Gasteiger partial charge in [0.2, 0.25) is 0 Å². The van der Waals surface area contributed by atoms with Crippen LogP contribution in [-0.2, 0) is 0 Å². The quantitative estimate of drug-likeness (QED) is 0.391. The third-order valence-corrected chi connectivity index (χ3v) is 1.03. The summed E-state index contributed by atoms with van der Waals surface area (Å²) in [6, 6.07) is 0. The smallest absolute Gasteiger partial charge is 0.0200 e. The molecule has 0 aliphatic rings. The summed E-state index contributed by atoms with van der Waals surface area (Å²) >= 11 is 0. The highest BCUT2D eigenvalue weighted by molar-refractivity contribution is 7.16. The van der Waals surface area contributed by atoms with Crippen LogP contribution in [0.4, 0.5) is 0 Å². The molecule has 0 aromatic carbocycles. The summed E-state index contributed by atoms with van der Waals surface area (Å²) in [5, 5.41) is 0. The first-order valence-electron chi connectivity index (χ1n) is 2.77. The van der Waals surface area contributed by atoms with E-state index in [2.05, 4.69) is 28.3 Å². The van der Waals surface area contributed by atoms with Gasteiger partial charge in [-0.25, -0.2) is 0 Å². The summed E-state index contributed by atoms with van der Waals surface area (Å²) in [5.41, 5.74) is 0. The van der Waals surface area contributed by atoms with Crippen LogP contribution in [-0.4, -0.2) is 6.16 Å². The second-order valence-electron chi connectivity index (χ2n) is 1.50. The van der Waals surface area contributed by atoms with Gasteiger partial charge in [0.15, 0.2) is 0 Å². The van der Waals surface area contributed by atoms with Gasteiger partial charge in [0.25, 0.3) is 0 Å². The van der Waals surface area contributed by atoms with Crippen LogP contribution < -0.4 is 0 Å². The van der Waals surface area contributed by atoms with Crippen molar-refractivity contribution in [1.82, 2.24) is 0 Å². The van der Waals surface area contributed by atoms with Gasteiger partial charge in [-0.15, -0.1) is 9.24 Å². The van der Waals surface area contributed by atoms with Crippen molar-refractivity contribution in [1.29, 1.82) is 0 Å². The molecule has 0 amide bonds. The van der Waals surface area contributed by atoms with Crippen molar-refractivity contribution < 1.29 is 0 Å².